The van der Waals surface area contributed by atoms with Crippen molar-refractivity contribution < 1.29 is 14.7 Å². The van der Waals surface area contributed by atoms with Crippen molar-refractivity contribution in [2.75, 3.05) is 26.2 Å². The number of fused-ring (bicyclic) bond motifs is 1. The molecular formula is C24H29N3O3. The number of Topliss-reactive ketones (excluding diaryl/α,β-unsaturated/α-hetero) is 1. The summed E-state index contributed by atoms with van der Waals surface area (Å²) < 4.78 is 0. The van der Waals surface area contributed by atoms with Crippen molar-refractivity contribution >= 4 is 12.2 Å². The van der Waals surface area contributed by atoms with Gasteiger partial charge < -0.3 is 15.3 Å². The largest absolute Gasteiger partial charge is 0.508 e. The van der Waals surface area contributed by atoms with Crippen LogP contribution in [0.5, 0.6) is 5.75 Å². The molecule has 6 nitrogen and oxygen atoms in total. The van der Waals surface area contributed by atoms with Crippen molar-refractivity contribution in [3.05, 3.63) is 64.7 Å². The van der Waals surface area contributed by atoms with Gasteiger partial charge in [-0.2, -0.15) is 0 Å². The van der Waals surface area contributed by atoms with E-state index >= 15 is 0 Å². The van der Waals surface area contributed by atoms with Gasteiger partial charge in [-0.1, -0.05) is 18.2 Å². The van der Waals surface area contributed by atoms with Crippen LogP contribution in [0.15, 0.2) is 42.5 Å². The van der Waals surface area contributed by atoms with Gasteiger partial charge in [0.1, 0.15) is 5.75 Å². The minimum Gasteiger partial charge on any atom is -0.508 e. The highest BCUT2D eigenvalue weighted by molar-refractivity contribution is 6.01. The van der Waals surface area contributed by atoms with Gasteiger partial charge in [0.25, 0.3) is 0 Å². The highest BCUT2D eigenvalue weighted by atomic mass is 16.3. The molecule has 0 bridgehead atoms. The molecule has 1 saturated heterocycles. The zero-order chi connectivity index (χ0) is 21.3. The van der Waals surface area contributed by atoms with Gasteiger partial charge in [0.2, 0.25) is 6.41 Å². The van der Waals surface area contributed by atoms with Gasteiger partial charge in [0.05, 0.1) is 12.1 Å². The average molecular weight is 408 g/mol. The molecule has 4 rings (SSSR count). The number of phenolic OH excluding ortho intramolecular Hbond substituents is 1. The van der Waals surface area contributed by atoms with E-state index in [0.29, 0.717) is 11.6 Å². The minimum atomic E-state index is -0.395. The van der Waals surface area contributed by atoms with Crippen molar-refractivity contribution in [2.45, 2.75) is 38.4 Å². The molecule has 6 heteroatoms. The summed E-state index contributed by atoms with van der Waals surface area (Å²) in [6, 6.07) is 12.8. The molecule has 158 valence electrons. The summed E-state index contributed by atoms with van der Waals surface area (Å²) in [7, 11) is 0. The molecule has 0 radical (unpaired) electrons. The zero-order valence-electron chi connectivity index (χ0n) is 17.5. The van der Waals surface area contributed by atoms with Gasteiger partial charge in [-0.15, -0.1) is 0 Å². The molecule has 2 aliphatic rings. The summed E-state index contributed by atoms with van der Waals surface area (Å²) in [6.45, 7) is 7.55. The average Bonchev–Trinajstić information content (AvgIpc) is 2.77. The second kappa shape index (κ2) is 8.58. The predicted molar refractivity (Wildman–Crippen MR) is 116 cm³/mol. The summed E-state index contributed by atoms with van der Waals surface area (Å²) >= 11 is 0. The number of carbonyl (C=O) groups is 2. The van der Waals surface area contributed by atoms with Crippen LogP contribution in [-0.4, -0.2) is 59.3 Å². The lowest BCUT2D eigenvalue weighted by Gasteiger charge is -2.42. The Labute approximate surface area is 177 Å². The Hall–Kier alpha value is -2.70. The van der Waals surface area contributed by atoms with Gasteiger partial charge in [-0.05, 0) is 61.2 Å². The highest BCUT2D eigenvalue weighted by Crippen LogP contribution is 2.32. The Morgan fingerprint density at radius 1 is 1.17 bits per heavy atom. The van der Waals surface area contributed by atoms with E-state index in [1.807, 2.05) is 11.0 Å². The van der Waals surface area contributed by atoms with E-state index in [2.05, 4.69) is 36.2 Å². The number of nitrogens with zero attached hydrogens (tertiary/aromatic N) is 2. The third-order valence-electron chi connectivity index (χ3n) is 6.34. The first-order chi connectivity index (χ1) is 14.5. The lowest BCUT2D eigenvalue weighted by molar-refractivity contribution is -0.123. The molecule has 1 fully saturated rings. The summed E-state index contributed by atoms with van der Waals surface area (Å²) in [4.78, 5) is 29.0. The molecule has 2 aromatic carbocycles. The smallest absolute Gasteiger partial charge is 0.210 e. The van der Waals surface area contributed by atoms with Crippen LogP contribution in [-0.2, 0) is 11.2 Å². The quantitative estimate of drug-likeness (QED) is 0.589. The lowest BCUT2D eigenvalue weighted by atomic mass is 9.87. The first kappa shape index (κ1) is 20.6. The van der Waals surface area contributed by atoms with Crippen LogP contribution in [0.4, 0.5) is 0 Å². The second-order valence-corrected chi connectivity index (χ2v) is 8.45. The summed E-state index contributed by atoms with van der Waals surface area (Å²) in [6.07, 6.45) is 1.81. The number of phenols is 1. The zero-order valence-corrected chi connectivity index (χ0v) is 17.5. The minimum absolute atomic E-state index is 0.00173. The van der Waals surface area contributed by atoms with Gasteiger partial charge in [0, 0.05) is 37.8 Å². The topological polar surface area (TPSA) is 72.9 Å². The van der Waals surface area contributed by atoms with Crippen LogP contribution >= 0.6 is 0 Å². The van der Waals surface area contributed by atoms with E-state index in [-0.39, 0.29) is 17.6 Å². The first-order valence-corrected chi connectivity index (χ1v) is 10.6. The molecule has 2 aliphatic heterocycles. The molecule has 2 unspecified atom stereocenters. The van der Waals surface area contributed by atoms with Crippen LogP contribution in [0.1, 0.15) is 53.0 Å². The van der Waals surface area contributed by atoms with E-state index < -0.39 is 6.04 Å². The first-order valence-electron chi connectivity index (χ1n) is 10.6. The van der Waals surface area contributed by atoms with Gasteiger partial charge in [0.15, 0.2) is 5.78 Å². The van der Waals surface area contributed by atoms with Crippen LogP contribution in [0, 0.1) is 0 Å². The predicted octanol–water partition coefficient (Wildman–Crippen LogP) is 2.69. The standard InChI is InChI=1S/C24H29N3O3/c1-16(2)26-11-12-27(15-28)22(14-26)19-5-8-21-18(13-19)9-10-25-23(21)24(30)17-3-6-20(29)7-4-17/h3-8,13,15-16,22-23,25,29H,9-12,14H2,1-2H3. The van der Waals surface area contributed by atoms with E-state index in [1.54, 1.807) is 12.1 Å². The number of aromatic hydroxyl groups is 1. The third-order valence-corrected chi connectivity index (χ3v) is 6.34. The molecule has 0 aliphatic carbocycles. The number of ketones is 1. The SMILES string of the molecule is CC(C)N1CCN(C=O)C(c2ccc3c(c2)CCNC3C(=O)c2ccc(O)cc2)C1. The number of rotatable bonds is 5. The summed E-state index contributed by atoms with van der Waals surface area (Å²) in [5, 5.41) is 12.8. The molecular weight excluding hydrogens is 378 g/mol. The Balaban J connectivity index is 1.62. The van der Waals surface area contributed by atoms with Crippen molar-refractivity contribution in [3.63, 3.8) is 0 Å². The fraction of sp³-hybridized carbons (Fsp3) is 0.417. The van der Waals surface area contributed by atoms with E-state index in [9.17, 15) is 14.7 Å². The number of amides is 1. The maximum atomic E-state index is 13.1. The molecule has 0 aromatic heterocycles. The van der Waals surface area contributed by atoms with Crippen LogP contribution in [0.3, 0.4) is 0 Å². The number of hydrogen-bond donors (Lipinski definition) is 2. The Bertz CT molecular complexity index is 926. The maximum Gasteiger partial charge on any atom is 0.210 e. The molecule has 2 heterocycles. The maximum absolute atomic E-state index is 13.1. The molecule has 0 saturated carbocycles. The summed E-state index contributed by atoms with van der Waals surface area (Å²) in [5.41, 5.74) is 3.87. The molecule has 2 N–H and O–H groups in total. The number of nitrogens with one attached hydrogen (secondary N) is 1. The Morgan fingerprint density at radius 3 is 2.63 bits per heavy atom. The van der Waals surface area contributed by atoms with Gasteiger partial charge in [-0.3, -0.25) is 14.5 Å². The van der Waals surface area contributed by atoms with Crippen molar-refractivity contribution in [1.82, 2.24) is 15.1 Å². The van der Waals surface area contributed by atoms with Crippen molar-refractivity contribution in [2.24, 2.45) is 0 Å². The van der Waals surface area contributed by atoms with Crippen LogP contribution in [0.2, 0.25) is 0 Å². The molecule has 2 atom stereocenters. The van der Waals surface area contributed by atoms with Crippen LogP contribution in [0.25, 0.3) is 0 Å². The van der Waals surface area contributed by atoms with Gasteiger partial charge in [-0.25, -0.2) is 0 Å². The number of carbonyl (C=O) groups excluding carboxylic acids is 2. The highest BCUT2D eigenvalue weighted by Gasteiger charge is 2.31. The molecule has 1 amide bonds. The van der Waals surface area contributed by atoms with Crippen molar-refractivity contribution in [1.29, 1.82) is 0 Å². The second-order valence-electron chi connectivity index (χ2n) is 8.45. The van der Waals surface area contributed by atoms with E-state index in [4.69, 9.17) is 0 Å². The number of hydrogen-bond acceptors (Lipinski definition) is 5. The van der Waals surface area contributed by atoms with Gasteiger partial charge >= 0.3 is 0 Å². The van der Waals surface area contributed by atoms with E-state index in [1.165, 1.54) is 12.1 Å². The number of benzene rings is 2. The normalized spacial score (nSPS) is 22.0. The third kappa shape index (κ3) is 3.98. The Morgan fingerprint density at radius 2 is 1.93 bits per heavy atom. The fourth-order valence-corrected chi connectivity index (χ4v) is 4.53. The number of piperazine rings is 1. The Kier molecular flexibility index (Phi) is 5.88. The lowest BCUT2D eigenvalue weighted by Crippen LogP contribution is -2.50. The van der Waals surface area contributed by atoms with Crippen LogP contribution < -0.4 is 5.32 Å². The van der Waals surface area contributed by atoms with Crippen molar-refractivity contribution in [3.8, 4) is 5.75 Å². The molecule has 0 spiro atoms. The fourth-order valence-electron chi connectivity index (χ4n) is 4.53. The summed E-state index contributed by atoms with van der Waals surface area (Å²) in [5.74, 6) is 0.151. The molecule has 30 heavy (non-hydrogen) atoms. The monoisotopic (exact) mass is 407 g/mol. The van der Waals surface area contributed by atoms with E-state index in [0.717, 1.165) is 55.7 Å². The molecule has 2 aromatic rings.